The quantitative estimate of drug-likeness (QED) is 0.751. The van der Waals surface area contributed by atoms with Gasteiger partial charge in [0.2, 0.25) is 0 Å². The molecule has 5 heteroatoms. The SMILES string of the molecule is CC(C)Oc1ccc2oc(-c3ccc(O)cc3)c(C(=O)O)c2c1. The zero-order valence-corrected chi connectivity index (χ0v) is 12.7. The molecule has 1 heterocycles. The van der Waals surface area contributed by atoms with Crippen molar-refractivity contribution in [1.29, 1.82) is 0 Å². The second-order valence-electron chi connectivity index (χ2n) is 5.48. The second-order valence-corrected chi connectivity index (χ2v) is 5.48. The number of rotatable bonds is 4. The third-order valence-electron chi connectivity index (χ3n) is 3.37. The Hall–Kier alpha value is -2.95. The lowest BCUT2D eigenvalue weighted by Gasteiger charge is -2.09. The summed E-state index contributed by atoms with van der Waals surface area (Å²) in [6.45, 7) is 3.80. The number of hydrogen-bond donors (Lipinski definition) is 2. The van der Waals surface area contributed by atoms with Gasteiger partial charge < -0.3 is 19.4 Å². The van der Waals surface area contributed by atoms with Crippen LogP contribution >= 0.6 is 0 Å². The van der Waals surface area contributed by atoms with E-state index in [1.165, 1.54) is 12.1 Å². The summed E-state index contributed by atoms with van der Waals surface area (Å²) in [5.41, 5.74) is 1.14. The molecule has 3 aromatic rings. The number of furan rings is 1. The molecule has 0 aliphatic rings. The van der Waals surface area contributed by atoms with E-state index in [1.54, 1.807) is 30.3 Å². The molecule has 0 aliphatic heterocycles. The molecule has 118 valence electrons. The smallest absolute Gasteiger partial charge is 0.340 e. The van der Waals surface area contributed by atoms with Crippen molar-refractivity contribution in [2.24, 2.45) is 0 Å². The molecule has 1 aromatic heterocycles. The van der Waals surface area contributed by atoms with Gasteiger partial charge in [0, 0.05) is 10.9 Å². The molecule has 2 aromatic carbocycles. The minimum absolute atomic E-state index is 0.0100. The molecule has 0 bridgehead atoms. The van der Waals surface area contributed by atoms with Crippen molar-refractivity contribution < 1.29 is 24.2 Å². The summed E-state index contributed by atoms with van der Waals surface area (Å²) >= 11 is 0. The average Bonchev–Trinajstić information content (AvgIpc) is 2.86. The number of fused-ring (bicyclic) bond motifs is 1. The number of phenols is 1. The number of benzene rings is 2. The van der Waals surface area contributed by atoms with Gasteiger partial charge in [-0.25, -0.2) is 4.79 Å². The van der Waals surface area contributed by atoms with Gasteiger partial charge in [0.15, 0.2) is 0 Å². The summed E-state index contributed by atoms with van der Waals surface area (Å²) in [7, 11) is 0. The van der Waals surface area contributed by atoms with Crippen LogP contribution < -0.4 is 4.74 Å². The van der Waals surface area contributed by atoms with Crippen LogP contribution in [-0.2, 0) is 0 Å². The summed E-state index contributed by atoms with van der Waals surface area (Å²) in [6, 6.07) is 11.3. The Labute approximate surface area is 132 Å². The van der Waals surface area contributed by atoms with Crippen molar-refractivity contribution in [3.8, 4) is 22.8 Å². The molecule has 23 heavy (non-hydrogen) atoms. The fraction of sp³-hybridized carbons (Fsp3) is 0.167. The predicted molar refractivity (Wildman–Crippen MR) is 86.0 cm³/mol. The summed E-state index contributed by atoms with van der Waals surface area (Å²) < 4.78 is 11.3. The standard InChI is InChI=1S/C18H16O5/c1-10(2)22-13-7-8-15-14(9-13)16(18(20)21)17(23-15)11-3-5-12(19)6-4-11/h3-10,19H,1-2H3,(H,20,21). The van der Waals surface area contributed by atoms with Gasteiger partial charge in [-0.05, 0) is 56.3 Å². The third kappa shape index (κ3) is 2.85. The first-order valence-electron chi connectivity index (χ1n) is 7.21. The van der Waals surface area contributed by atoms with Crippen LogP contribution in [0.4, 0.5) is 0 Å². The maximum absolute atomic E-state index is 11.7. The zero-order valence-electron chi connectivity index (χ0n) is 12.7. The molecule has 5 nitrogen and oxygen atoms in total. The van der Waals surface area contributed by atoms with Crippen LogP contribution in [0.1, 0.15) is 24.2 Å². The second kappa shape index (κ2) is 5.68. The molecule has 0 amide bonds. The molecule has 0 saturated heterocycles. The lowest BCUT2D eigenvalue weighted by atomic mass is 10.1. The fourth-order valence-electron chi connectivity index (χ4n) is 2.45. The molecule has 0 saturated carbocycles. The highest BCUT2D eigenvalue weighted by molar-refractivity contribution is 6.08. The number of aromatic carboxylic acids is 1. The first-order valence-corrected chi connectivity index (χ1v) is 7.21. The van der Waals surface area contributed by atoms with E-state index in [0.29, 0.717) is 22.3 Å². The number of carboxylic acid groups (broad SMARTS) is 1. The number of phenolic OH excluding ortho intramolecular Hbond substituents is 1. The van der Waals surface area contributed by atoms with Crippen molar-refractivity contribution >= 4 is 16.9 Å². The molecule has 0 atom stereocenters. The van der Waals surface area contributed by atoms with E-state index >= 15 is 0 Å². The Morgan fingerprint density at radius 2 is 1.83 bits per heavy atom. The summed E-state index contributed by atoms with van der Waals surface area (Å²) in [5.74, 6) is -0.120. The molecule has 2 N–H and O–H groups in total. The summed E-state index contributed by atoms with van der Waals surface area (Å²) in [6.07, 6.45) is -0.0100. The molecule has 0 spiro atoms. The number of aromatic hydroxyl groups is 1. The summed E-state index contributed by atoms with van der Waals surface area (Å²) in [5, 5.41) is 19.5. The van der Waals surface area contributed by atoms with Crippen LogP contribution in [-0.4, -0.2) is 22.3 Å². The van der Waals surface area contributed by atoms with E-state index < -0.39 is 5.97 Å². The first-order chi connectivity index (χ1) is 11.0. The van der Waals surface area contributed by atoms with Crippen molar-refractivity contribution in [1.82, 2.24) is 0 Å². The van der Waals surface area contributed by atoms with E-state index in [2.05, 4.69) is 0 Å². The zero-order chi connectivity index (χ0) is 16.6. The Kier molecular flexibility index (Phi) is 3.70. The highest BCUT2D eigenvalue weighted by atomic mass is 16.5. The van der Waals surface area contributed by atoms with Crippen LogP contribution in [0.5, 0.6) is 11.5 Å². The highest BCUT2D eigenvalue weighted by Crippen LogP contribution is 2.36. The van der Waals surface area contributed by atoms with E-state index in [1.807, 2.05) is 13.8 Å². The topological polar surface area (TPSA) is 79.9 Å². The Bertz CT molecular complexity index is 859. The lowest BCUT2D eigenvalue weighted by molar-refractivity contribution is 0.0699. The monoisotopic (exact) mass is 312 g/mol. The van der Waals surface area contributed by atoms with Gasteiger partial charge in [0.05, 0.1) is 6.10 Å². The van der Waals surface area contributed by atoms with Gasteiger partial charge in [-0.3, -0.25) is 0 Å². The van der Waals surface area contributed by atoms with E-state index in [-0.39, 0.29) is 23.2 Å². The fourth-order valence-corrected chi connectivity index (χ4v) is 2.45. The normalized spacial score (nSPS) is 11.1. The van der Waals surface area contributed by atoms with Gasteiger partial charge in [-0.2, -0.15) is 0 Å². The van der Waals surface area contributed by atoms with Gasteiger partial charge in [-0.1, -0.05) is 0 Å². The van der Waals surface area contributed by atoms with Crippen molar-refractivity contribution in [2.45, 2.75) is 20.0 Å². The van der Waals surface area contributed by atoms with Crippen LogP contribution in [0.2, 0.25) is 0 Å². The van der Waals surface area contributed by atoms with E-state index in [9.17, 15) is 15.0 Å². The predicted octanol–water partition coefficient (Wildman–Crippen LogP) is 4.29. The van der Waals surface area contributed by atoms with Gasteiger partial charge in [0.25, 0.3) is 0 Å². The van der Waals surface area contributed by atoms with Gasteiger partial charge in [-0.15, -0.1) is 0 Å². The number of carboxylic acids is 1. The largest absolute Gasteiger partial charge is 0.508 e. The van der Waals surface area contributed by atoms with E-state index in [0.717, 1.165) is 0 Å². The van der Waals surface area contributed by atoms with Gasteiger partial charge >= 0.3 is 5.97 Å². The van der Waals surface area contributed by atoms with E-state index in [4.69, 9.17) is 9.15 Å². The minimum Gasteiger partial charge on any atom is -0.508 e. The molecule has 0 radical (unpaired) electrons. The number of carbonyl (C=O) groups is 1. The Morgan fingerprint density at radius 3 is 2.43 bits per heavy atom. The number of hydrogen-bond acceptors (Lipinski definition) is 4. The molecule has 3 rings (SSSR count). The molecule has 0 aliphatic carbocycles. The molecular formula is C18H16O5. The summed E-state index contributed by atoms with van der Waals surface area (Å²) in [4.78, 5) is 11.7. The molecule has 0 fully saturated rings. The van der Waals surface area contributed by atoms with Crippen molar-refractivity contribution in [3.63, 3.8) is 0 Å². The maximum atomic E-state index is 11.7. The van der Waals surface area contributed by atoms with Crippen LogP contribution in [0.25, 0.3) is 22.3 Å². The molecule has 0 unspecified atom stereocenters. The maximum Gasteiger partial charge on any atom is 0.340 e. The Balaban J connectivity index is 2.20. The van der Waals surface area contributed by atoms with Crippen molar-refractivity contribution in [3.05, 3.63) is 48.0 Å². The highest BCUT2D eigenvalue weighted by Gasteiger charge is 2.22. The van der Waals surface area contributed by atoms with Crippen LogP contribution in [0.3, 0.4) is 0 Å². The van der Waals surface area contributed by atoms with Gasteiger partial charge in [0.1, 0.15) is 28.4 Å². The van der Waals surface area contributed by atoms with Crippen molar-refractivity contribution in [2.75, 3.05) is 0 Å². The lowest BCUT2D eigenvalue weighted by Crippen LogP contribution is -2.05. The molecular weight excluding hydrogens is 296 g/mol. The third-order valence-corrected chi connectivity index (χ3v) is 3.37. The Morgan fingerprint density at radius 1 is 1.13 bits per heavy atom. The first kappa shape index (κ1) is 15.0. The van der Waals surface area contributed by atoms with Crippen LogP contribution in [0.15, 0.2) is 46.9 Å². The number of ether oxygens (including phenoxy) is 1. The van der Waals surface area contributed by atoms with Crippen LogP contribution in [0, 0.1) is 0 Å². The minimum atomic E-state index is -1.08. The average molecular weight is 312 g/mol.